The van der Waals surface area contributed by atoms with Gasteiger partial charge in [0.05, 0.1) is 30.1 Å². The van der Waals surface area contributed by atoms with Crippen molar-refractivity contribution in [3.8, 4) is 5.75 Å². The van der Waals surface area contributed by atoms with Gasteiger partial charge in [0.25, 0.3) is 0 Å². The molecule has 1 aromatic carbocycles. The summed E-state index contributed by atoms with van der Waals surface area (Å²) in [5, 5.41) is 7.23. The van der Waals surface area contributed by atoms with E-state index in [-0.39, 0.29) is 24.2 Å². The molecule has 1 fully saturated rings. The smallest absolute Gasteiger partial charge is 0.229 e. The molecule has 2 heterocycles. The molecule has 0 saturated carbocycles. The maximum Gasteiger partial charge on any atom is 0.229 e. The number of amides is 2. The number of aryl methyl sites for hydroxylation is 2. The molecule has 1 aliphatic rings. The van der Waals surface area contributed by atoms with Crippen LogP contribution in [0.25, 0.3) is 0 Å². The summed E-state index contributed by atoms with van der Waals surface area (Å²) in [6.45, 7) is 4.13. The largest absolute Gasteiger partial charge is 0.497 e. The van der Waals surface area contributed by atoms with Gasteiger partial charge >= 0.3 is 0 Å². The molecular formula is C18H22N4O3. The van der Waals surface area contributed by atoms with Crippen LogP contribution in [-0.2, 0) is 16.6 Å². The number of carbonyl (C=O) groups is 2. The van der Waals surface area contributed by atoms with Gasteiger partial charge in [0.1, 0.15) is 5.75 Å². The molecule has 1 aliphatic heterocycles. The summed E-state index contributed by atoms with van der Waals surface area (Å²) in [5.41, 5.74) is 3.16. The van der Waals surface area contributed by atoms with E-state index in [9.17, 15) is 9.59 Å². The van der Waals surface area contributed by atoms with Crippen LogP contribution in [0.5, 0.6) is 5.75 Å². The molecule has 0 unspecified atom stereocenters. The summed E-state index contributed by atoms with van der Waals surface area (Å²) in [7, 11) is 3.43. The fourth-order valence-electron chi connectivity index (χ4n) is 3.07. The first-order valence-electron chi connectivity index (χ1n) is 8.16. The number of nitrogens with zero attached hydrogens (tertiary/aromatic N) is 3. The highest BCUT2D eigenvalue weighted by molar-refractivity contribution is 6.03. The molecule has 1 saturated heterocycles. The van der Waals surface area contributed by atoms with Crippen molar-refractivity contribution in [2.45, 2.75) is 20.3 Å². The second-order valence-corrected chi connectivity index (χ2v) is 6.26. The Morgan fingerprint density at radius 3 is 2.52 bits per heavy atom. The number of benzene rings is 1. The summed E-state index contributed by atoms with van der Waals surface area (Å²) in [4.78, 5) is 26.6. The van der Waals surface area contributed by atoms with Crippen molar-refractivity contribution >= 4 is 23.2 Å². The summed E-state index contributed by atoms with van der Waals surface area (Å²) < 4.78 is 6.86. The molecule has 2 amide bonds. The minimum Gasteiger partial charge on any atom is -0.497 e. The van der Waals surface area contributed by atoms with Gasteiger partial charge in [-0.1, -0.05) is 0 Å². The highest BCUT2D eigenvalue weighted by atomic mass is 16.5. The van der Waals surface area contributed by atoms with Gasteiger partial charge in [-0.15, -0.1) is 0 Å². The molecular weight excluding hydrogens is 320 g/mol. The molecule has 0 bridgehead atoms. The Morgan fingerprint density at radius 2 is 1.96 bits per heavy atom. The van der Waals surface area contributed by atoms with Gasteiger partial charge in [-0.05, 0) is 38.1 Å². The second-order valence-electron chi connectivity index (χ2n) is 6.26. The summed E-state index contributed by atoms with van der Waals surface area (Å²) in [6, 6.07) is 7.26. The van der Waals surface area contributed by atoms with Crippen molar-refractivity contribution in [1.29, 1.82) is 0 Å². The third-order valence-corrected chi connectivity index (χ3v) is 4.64. The van der Waals surface area contributed by atoms with Crippen LogP contribution in [0, 0.1) is 19.8 Å². The van der Waals surface area contributed by atoms with E-state index in [1.54, 1.807) is 28.8 Å². The lowest BCUT2D eigenvalue weighted by atomic mass is 10.1. The van der Waals surface area contributed by atoms with Gasteiger partial charge in [0.15, 0.2) is 0 Å². The van der Waals surface area contributed by atoms with Crippen LogP contribution in [0.4, 0.5) is 11.4 Å². The summed E-state index contributed by atoms with van der Waals surface area (Å²) in [6.07, 6.45) is 0.205. The Hall–Kier alpha value is -2.83. The topological polar surface area (TPSA) is 76.5 Å². The van der Waals surface area contributed by atoms with Crippen molar-refractivity contribution < 1.29 is 14.3 Å². The van der Waals surface area contributed by atoms with Crippen molar-refractivity contribution in [2.24, 2.45) is 13.0 Å². The van der Waals surface area contributed by atoms with E-state index < -0.39 is 0 Å². The molecule has 1 N–H and O–H groups in total. The number of hydrogen-bond donors (Lipinski definition) is 1. The van der Waals surface area contributed by atoms with E-state index in [1.165, 1.54) is 0 Å². The molecule has 7 heteroatoms. The van der Waals surface area contributed by atoms with Gasteiger partial charge in [-0.2, -0.15) is 5.10 Å². The predicted octanol–water partition coefficient (Wildman–Crippen LogP) is 2.04. The van der Waals surface area contributed by atoms with E-state index in [2.05, 4.69) is 10.4 Å². The lowest BCUT2D eigenvalue weighted by Gasteiger charge is -2.17. The fourth-order valence-corrected chi connectivity index (χ4v) is 3.07. The van der Waals surface area contributed by atoms with Crippen LogP contribution in [0.3, 0.4) is 0 Å². The Bertz CT molecular complexity index is 810. The molecule has 1 aromatic heterocycles. The van der Waals surface area contributed by atoms with Crippen molar-refractivity contribution in [1.82, 2.24) is 9.78 Å². The van der Waals surface area contributed by atoms with Crippen molar-refractivity contribution in [3.05, 3.63) is 35.7 Å². The number of methoxy groups -OCH3 is 1. The van der Waals surface area contributed by atoms with Crippen LogP contribution >= 0.6 is 0 Å². The number of carbonyl (C=O) groups excluding carboxylic acids is 2. The van der Waals surface area contributed by atoms with Gasteiger partial charge in [0, 0.05) is 25.7 Å². The van der Waals surface area contributed by atoms with E-state index in [4.69, 9.17) is 4.74 Å². The lowest BCUT2D eigenvalue weighted by molar-refractivity contribution is -0.122. The van der Waals surface area contributed by atoms with Gasteiger partial charge in [-0.25, -0.2) is 0 Å². The SMILES string of the molecule is COc1ccc(N2C[C@@H](C(=O)Nc3c(C)nn(C)c3C)CC2=O)cc1. The number of ether oxygens (including phenoxy) is 1. The summed E-state index contributed by atoms with van der Waals surface area (Å²) >= 11 is 0. The lowest BCUT2D eigenvalue weighted by Crippen LogP contribution is -2.28. The molecule has 7 nitrogen and oxygen atoms in total. The van der Waals surface area contributed by atoms with Crippen molar-refractivity contribution in [3.63, 3.8) is 0 Å². The first kappa shape index (κ1) is 17.0. The zero-order valence-corrected chi connectivity index (χ0v) is 14.9. The number of aromatic nitrogens is 2. The van der Waals surface area contributed by atoms with E-state index in [0.29, 0.717) is 6.54 Å². The Balaban J connectivity index is 1.72. The normalized spacial score (nSPS) is 17.0. The molecule has 2 aromatic rings. The zero-order valence-electron chi connectivity index (χ0n) is 14.9. The monoisotopic (exact) mass is 342 g/mol. The predicted molar refractivity (Wildman–Crippen MR) is 94.8 cm³/mol. The zero-order chi connectivity index (χ0) is 18.1. The van der Waals surface area contributed by atoms with Gasteiger partial charge in [-0.3, -0.25) is 14.3 Å². The minimum absolute atomic E-state index is 0.0510. The molecule has 132 valence electrons. The number of nitrogens with one attached hydrogen (secondary N) is 1. The van der Waals surface area contributed by atoms with E-state index >= 15 is 0 Å². The fraction of sp³-hybridized carbons (Fsp3) is 0.389. The number of anilines is 2. The molecule has 0 spiro atoms. The van der Waals surface area contributed by atoms with Gasteiger partial charge in [0.2, 0.25) is 11.8 Å². The maximum absolute atomic E-state index is 12.6. The average Bonchev–Trinajstić information content (AvgIpc) is 3.10. The Morgan fingerprint density at radius 1 is 1.28 bits per heavy atom. The van der Waals surface area contributed by atoms with Crippen molar-refractivity contribution in [2.75, 3.05) is 23.9 Å². The van der Waals surface area contributed by atoms with Crippen LogP contribution in [0.1, 0.15) is 17.8 Å². The van der Waals surface area contributed by atoms with E-state index in [0.717, 1.165) is 28.5 Å². The second kappa shape index (κ2) is 6.58. The maximum atomic E-state index is 12.6. The number of rotatable bonds is 4. The molecule has 3 rings (SSSR count). The Kier molecular flexibility index (Phi) is 4.48. The van der Waals surface area contributed by atoms with Crippen LogP contribution in [0.2, 0.25) is 0 Å². The number of hydrogen-bond acceptors (Lipinski definition) is 4. The molecule has 0 radical (unpaired) electrons. The van der Waals surface area contributed by atoms with Crippen LogP contribution in [-0.4, -0.2) is 35.2 Å². The first-order valence-corrected chi connectivity index (χ1v) is 8.16. The van der Waals surface area contributed by atoms with Gasteiger partial charge < -0.3 is 15.0 Å². The standard InChI is InChI=1S/C18H22N4O3/c1-11-17(12(2)21(3)20-11)19-18(24)13-9-16(23)22(10-13)14-5-7-15(25-4)8-6-14/h5-8,13H,9-10H2,1-4H3,(H,19,24)/t13-/m0/s1. The Labute approximate surface area is 146 Å². The third-order valence-electron chi connectivity index (χ3n) is 4.64. The van der Waals surface area contributed by atoms with Crippen LogP contribution < -0.4 is 15.0 Å². The summed E-state index contributed by atoms with van der Waals surface area (Å²) in [5.74, 6) is 0.148. The highest BCUT2D eigenvalue weighted by Gasteiger charge is 2.35. The minimum atomic E-state index is -0.381. The quantitative estimate of drug-likeness (QED) is 0.922. The average molecular weight is 342 g/mol. The van der Waals surface area contributed by atoms with E-state index in [1.807, 2.05) is 33.0 Å². The molecule has 1 atom stereocenters. The molecule has 25 heavy (non-hydrogen) atoms. The molecule has 0 aliphatic carbocycles. The highest BCUT2D eigenvalue weighted by Crippen LogP contribution is 2.28. The first-order chi connectivity index (χ1) is 11.9. The third kappa shape index (κ3) is 3.22. The van der Waals surface area contributed by atoms with Crippen LogP contribution in [0.15, 0.2) is 24.3 Å².